The Balaban J connectivity index is 1.41. The van der Waals surface area contributed by atoms with Crippen molar-refractivity contribution in [1.82, 2.24) is 14.9 Å². The second kappa shape index (κ2) is 9.87. The molecule has 1 saturated carbocycles. The number of aryl methyl sites for hydroxylation is 1. The number of carbonyl (C=O) groups excluding carboxylic acids is 1. The van der Waals surface area contributed by atoms with Crippen molar-refractivity contribution in [3.63, 3.8) is 0 Å². The molecule has 5 rings (SSSR count). The fourth-order valence-electron chi connectivity index (χ4n) is 5.42. The molecule has 1 aromatic heterocycles. The highest BCUT2D eigenvalue weighted by atomic mass is 19.1. The number of nitrogens with one attached hydrogen (secondary N) is 1. The molecule has 1 aliphatic carbocycles. The number of aromatic nitrogens is 2. The maximum Gasteiger partial charge on any atom is 0.254 e. The van der Waals surface area contributed by atoms with E-state index in [-0.39, 0.29) is 18.7 Å². The maximum atomic E-state index is 15.9. The van der Waals surface area contributed by atoms with Gasteiger partial charge < -0.3 is 14.6 Å². The van der Waals surface area contributed by atoms with Crippen molar-refractivity contribution >= 4 is 5.91 Å². The third-order valence-electron chi connectivity index (χ3n) is 7.73. The van der Waals surface area contributed by atoms with Gasteiger partial charge in [-0.15, -0.1) is 0 Å². The number of rotatable bonds is 6. The molecule has 2 aromatic carbocycles. The van der Waals surface area contributed by atoms with Crippen LogP contribution < -0.4 is 0 Å². The van der Waals surface area contributed by atoms with Crippen LogP contribution in [0.3, 0.4) is 0 Å². The molecule has 0 radical (unpaired) electrons. The minimum Gasteiger partial charge on any atom is -0.378 e. The fourth-order valence-corrected chi connectivity index (χ4v) is 5.42. The van der Waals surface area contributed by atoms with Gasteiger partial charge in [0.1, 0.15) is 11.5 Å². The molecule has 1 N–H and O–H groups in total. The average molecular weight is 487 g/mol. The van der Waals surface area contributed by atoms with Crippen LogP contribution in [0.25, 0.3) is 11.4 Å². The van der Waals surface area contributed by atoms with Crippen molar-refractivity contribution in [2.45, 2.75) is 57.2 Å². The lowest BCUT2D eigenvalue weighted by Crippen LogP contribution is -2.43. The second-order valence-electron chi connectivity index (χ2n) is 9.99. The lowest BCUT2D eigenvalue weighted by atomic mass is 9.77. The molecule has 1 saturated heterocycles. The smallest absolute Gasteiger partial charge is 0.254 e. The summed E-state index contributed by atoms with van der Waals surface area (Å²) in [7, 11) is 1.65. The van der Waals surface area contributed by atoms with Crippen LogP contribution >= 0.6 is 0 Å². The van der Waals surface area contributed by atoms with E-state index in [2.05, 4.69) is 22.1 Å². The first-order valence-electron chi connectivity index (χ1n) is 12.6. The topological polar surface area (TPSA) is 82.0 Å². The summed E-state index contributed by atoms with van der Waals surface area (Å²) >= 11 is 0. The Morgan fingerprint density at radius 2 is 2.03 bits per heavy atom. The number of aromatic amines is 1. The average Bonchev–Trinajstić information content (AvgIpc) is 3.32. The van der Waals surface area contributed by atoms with Gasteiger partial charge in [-0.25, -0.2) is 9.37 Å². The van der Waals surface area contributed by atoms with Crippen LogP contribution in [0, 0.1) is 18.3 Å². The van der Waals surface area contributed by atoms with Gasteiger partial charge in [-0.3, -0.25) is 4.79 Å². The van der Waals surface area contributed by atoms with E-state index in [1.807, 2.05) is 13.0 Å². The second-order valence-corrected chi connectivity index (χ2v) is 9.99. The molecule has 0 spiro atoms. The first-order chi connectivity index (χ1) is 17.4. The molecule has 1 aliphatic heterocycles. The Kier molecular flexibility index (Phi) is 6.63. The zero-order valence-corrected chi connectivity index (χ0v) is 20.8. The molecule has 0 bridgehead atoms. The van der Waals surface area contributed by atoms with E-state index in [0.717, 1.165) is 35.5 Å². The zero-order valence-electron chi connectivity index (χ0n) is 20.8. The number of H-pyrrole nitrogens is 1. The van der Waals surface area contributed by atoms with Crippen LogP contribution in [-0.2, 0) is 17.0 Å². The van der Waals surface area contributed by atoms with Crippen molar-refractivity contribution in [3.05, 3.63) is 76.1 Å². The quantitative estimate of drug-likeness (QED) is 0.479. The number of amides is 1. The van der Waals surface area contributed by atoms with E-state index >= 15 is 4.39 Å². The van der Waals surface area contributed by atoms with Gasteiger partial charge in [0, 0.05) is 49.7 Å². The first-order valence-corrected chi connectivity index (χ1v) is 12.6. The minimum absolute atomic E-state index is 0.0896. The van der Waals surface area contributed by atoms with Crippen LogP contribution in [0.4, 0.5) is 4.39 Å². The largest absolute Gasteiger partial charge is 0.378 e. The van der Waals surface area contributed by atoms with Gasteiger partial charge in [-0.05, 0) is 48.9 Å². The van der Waals surface area contributed by atoms with Gasteiger partial charge in [-0.1, -0.05) is 30.7 Å². The number of imidazole rings is 1. The van der Waals surface area contributed by atoms with E-state index in [4.69, 9.17) is 4.74 Å². The number of methoxy groups -OCH3 is 1. The van der Waals surface area contributed by atoms with Crippen molar-refractivity contribution in [1.29, 1.82) is 5.26 Å². The molecular weight excluding hydrogens is 455 g/mol. The number of alkyl halides is 1. The normalized spacial score (nSPS) is 17.4. The summed E-state index contributed by atoms with van der Waals surface area (Å²) in [5, 5.41) is 9.42. The number of carbonyl (C=O) groups is 1. The first kappa shape index (κ1) is 24.2. The molecule has 3 aromatic rings. The van der Waals surface area contributed by atoms with Gasteiger partial charge in [0.05, 0.1) is 30.1 Å². The number of halogens is 1. The number of ether oxygens (including phenoxy) is 1. The summed E-state index contributed by atoms with van der Waals surface area (Å²) in [5.74, 6) is 1.13. The highest BCUT2D eigenvalue weighted by molar-refractivity contribution is 5.97. The predicted octanol–water partition coefficient (Wildman–Crippen LogP) is 5.77. The Bertz CT molecular complexity index is 1310. The number of hydrogen-bond acceptors (Lipinski definition) is 4. The standard InChI is InChI=1S/C29H31FN4O2/c1-19-14-24(20-7-5-8-20)25(27-32-17-22(33-27)18-36-2)15-23(19)28(35)34-12-10-29(30,11-13-34)26-9-4-3-6-21(26)16-31/h3-4,6,9,14-15,17,20H,5,7-8,10-13,18H2,1-2H3,(H,32,33). The van der Waals surface area contributed by atoms with Gasteiger partial charge >= 0.3 is 0 Å². The Labute approximate surface area is 211 Å². The summed E-state index contributed by atoms with van der Waals surface area (Å²) in [6, 6.07) is 13.0. The van der Waals surface area contributed by atoms with Crippen LogP contribution in [0.1, 0.15) is 76.3 Å². The third kappa shape index (κ3) is 4.42. The Morgan fingerprint density at radius 3 is 2.69 bits per heavy atom. The molecule has 2 aliphatic rings. The summed E-state index contributed by atoms with van der Waals surface area (Å²) < 4.78 is 21.1. The maximum absolute atomic E-state index is 15.9. The molecule has 0 atom stereocenters. The lowest BCUT2D eigenvalue weighted by Gasteiger charge is -2.37. The van der Waals surface area contributed by atoms with E-state index in [0.29, 0.717) is 42.3 Å². The molecule has 1 amide bonds. The van der Waals surface area contributed by atoms with Crippen molar-refractivity contribution in [3.8, 4) is 17.5 Å². The summed E-state index contributed by atoms with van der Waals surface area (Å²) in [5.41, 5.74) is 3.80. The number of hydrogen-bond donors (Lipinski definition) is 1. The molecule has 2 heterocycles. The monoisotopic (exact) mass is 486 g/mol. The molecular formula is C29H31FN4O2. The number of nitrogens with zero attached hydrogens (tertiary/aromatic N) is 3. The summed E-state index contributed by atoms with van der Waals surface area (Å²) in [6.45, 7) is 3.02. The molecule has 0 unspecified atom stereocenters. The molecule has 186 valence electrons. The Morgan fingerprint density at radius 1 is 1.28 bits per heavy atom. The Hall–Kier alpha value is -3.50. The van der Waals surface area contributed by atoms with Gasteiger partial charge in [0.2, 0.25) is 0 Å². The van der Waals surface area contributed by atoms with E-state index in [1.54, 1.807) is 42.5 Å². The van der Waals surface area contributed by atoms with Gasteiger partial charge in [0.25, 0.3) is 5.91 Å². The lowest BCUT2D eigenvalue weighted by molar-refractivity contribution is 0.0420. The van der Waals surface area contributed by atoms with Gasteiger partial charge in [0.15, 0.2) is 0 Å². The molecule has 6 nitrogen and oxygen atoms in total. The third-order valence-corrected chi connectivity index (χ3v) is 7.73. The SMILES string of the molecule is COCc1cnc(-c2cc(C(=O)N3CCC(F)(c4ccccc4C#N)CC3)c(C)cc2C2CCC2)[nH]1. The van der Waals surface area contributed by atoms with Crippen LogP contribution in [-0.4, -0.2) is 41.0 Å². The molecule has 2 fully saturated rings. The van der Waals surface area contributed by atoms with Crippen molar-refractivity contribution < 1.29 is 13.9 Å². The highest BCUT2D eigenvalue weighted by Crippen LogP contribution is 2.43. The van der Waals surface area contributed by atoms with Crippen molar-refractivity contribution in [2.24, 2.45) is 0 Å². The zero-order chi connectivity index (χ0) is 25.3. The fraction of sp³-hybridized carbons (Fsp3) is 0.414. The van der Waals surface area contributed by atoms with E-state index in [1.165, 1.54) is 12.0 Å². The predicted molar refractivity (Wildman–Crippen MR) is 135 cm³/mol. The van der Waals surface area contributed by atoms with Crippen molar-refractivity contribution in [2.75, 3.05) is 20.2 Å². The number of likely N-dealkylation sites (tertiary alicyclic amines) is 1. The number of nitriles is 1. The van der Waals surface area contributed by atoms with Crippen LogP contribution in [0.5, 0.6) is 0 Å². The van der Waals surface area contributed by atoms with Crippen LogP contribution in [0.15, 0.2) is 42.6 Å². The minimum atomic E-state index is -1.61. The number of piperidine rings is 1. The van der Waals surface area contributed by atoms with E-state index < -0.39 is 5.67 Å². The van der Waals surface area contributed by atoms with Gasteiger partial charge in [-0.2, -0.15) is 5.26 Å². The number of benzene rings is 2. The van der Waals surface area contributed by atoms with E-state index in [9.17, 15) is 10.1 Å². The highest BCUT2D eigenvalue weighted by Gasteiger charge is 2.39. The summed E-state index contributed by atoms with van der Waals surface area (Å²) in [4.78, 5) is 23.3. The van der Waals surface area contributed by atoms with Crippen LogP contribution in [0.2, 0.25) is 0 Å². The molecule has 36 heavy (non-hydrogen) atoms. The summed E-state index contributed by atoms with van der Waals surface area (Å²) in [6.07, 6.45) is 5.60. The molecule has 7 heteroatoms.